The third-order valence-electron chi connectivity index (χ3n) is 2.24. The molecule has 1 unspecified atom stereocenters. The van der Waals surface area contributed by atoms with Crippen LogP contribution in [0.5, 0.6) is 5.75 Å². The van der Waals surface area contributed by atoms with Crippen molar-refractivity contribution in [3.8, 4) is 5.75 Å². The molecule has 15 heavy (non-hydrogen) atoms. The molecule has 1 rings (SSSR count). The fourth-order valence-corrected chi connectivity index (χ4v) is 1.50. The highest BCUT2D eigenvalue weighted by molar-refractivity contribution is 5.12. The lowest BCUT2D eigenvalue weighted by Gasteiger charge is -2.14. The third-order valence-corrected chi connectivity index (χ3v) is 2.24. The Hall–Kier alpha value is -1.03. The summed E-state index contributed by atoms with van der Waals surface area (Å²) in [6.07, 6.45) is 6.97. The van der Waals surface area contributed by atoms with E-state index in [9.17, 15) is 0 Å². The van der Waals surface area contributed by atoms with Crippen LogP contribution in [0.3, 0.4) is 0 Å². The molecule has 0 aliphatic heterocycles. The fraction of sp³-hybridized carbons (Fsp3) is 0.727. The van der Waals surface area contributed by atoms with Crippen molar-refractivity contribution in [3.63, 3.8) is 0 Å². The molecule has 0 saturated heterocycles. The Morgan fingerprint density at radius 3 is 2.87 bits per heavy atom. The zero-order valence-corrected chi connectivity index (χ0v) is 9.65. The van der Waals surface area contributed by atoms with Crippen molar-refractivity contribution >= 4 is 0 Å². The van der Waals surface area contributed by atoms with Gasteiger partial charge in [0.2, 0.25) is 0 Å². The van der Waals surface area contributed by atoms with Crippen molar-refractivity contribution in [2.24, 2.45) is 5.73 Å². The highest BCUT2D eigenvalue weighted by atomic mass is 16.5. The Morgan fingerprint density at radius 2 is 2.27 bits per heavy atom. The van der Waals surface area contributed by atoms with Crippen LogP contribution in [0.2, 0.25) is 0 Å². The van der Waals surface area contributed by atoms with Crippen molar-refractivity contribution in [3.05, 3.63) is 12.4 Å². The van der Waals surface area contributed by atoms with Gasteiger partial charge in [-0.1, -0.05) is 20.3 Å². The van der Waals surface area contributed by atoms with Crippen LogP contribution in [0.15, 0.2) is 12.4 Å². The van der Waals surface area contributed by atoms with Crippen molar-refractivity contribution < 1.29 is 4.74 Å². The molecule has 0 aliphatic rings. The number of hydrogen-bond donors (Lipinski definition) is 1. The van der Waals surface area contributed by atoms with Gasteiger partial charge in [-0.05, 0) is 12.8 Å². The normalized spacial score (nSPS) is 12.7. The summed E-state index contributed by atoms with van der Waals surface area (Å²) in [4.78, 5) is 0. The Morgan fingerprint density at radius 1 is 1.47 bits per heavy atom. The maximum atomic E-state index is 5.72. The number of hydrogen-bond acceptors (Lipinski definition) is 3. The average Bonchev–Trinajstić information content (AvgIpc) is 2.66. The summed E-state index contributed by atoms with van der Waals surface area (Å²) in [5.41, 5.74) is 5.62. The Kier molecular flexibility index (Phi) is 5.18. The molecule has 0 bridgehead atoms. The lowest BCUT2D eigenvalue weighted by molar-refractivity contribution is 0.198. The van der Waals surface area contributed by atoms with E-state index in [1.807, 2.05) is 10.9 Å². The quantitative estimate of drug-likeness (QED) is 0.748. The van der Waals surface area contributed by atoms with Crippen LogP contribution in [0, 0.1) is 0 Å². The van der Waals surface area contributed by atoms with Crippen LogP contribution in [0.1, 0.15) is 33.1 Å². The molecule has 0 fully saturated rings. The van der Waals surface area contributed by atoms with Gasteiger partial charge < -0.3 is 10.5 Å². The summed E-state index contributed by atoms with van der Waals surface area (Å²) in [6.45, 7) is 5.76. The standard InChI is InChI=1S/C11H21N3O/c1-3-5-10(7-12)15-11-8-13-14(9-11)6-4-2/h8-10H,3-7,12H2,1-2H3. The van der Waals surface area contributed by atoms with Crippen LogP contribution in [0.4, 0.5) is 0 Å². The molecule has 0 radical (unpaired) electrons. The van der Waals surface area contributed by atoms with Gasteiger partial charge in [0.1, 0.15) is 6.10 Å². The topological polar surface area (TPSA) is 53.1 Å². The molecule has 0 amide bonds. The molecule has 1 heterocycles. The molecular formula is C11H21N3O. The number of ether oxygens (including phenoxy) is 1. The fourth-order valence-electron chi connectivity index (χ4n) is 1.50. The summed E-state index contributed by atoms with van der Waals surface area (Å²) in [7, 11) is 0. The largest absolute Gasteiger partial charge is 0.486 e. The average molecular weight is 211 g/mol. The second kappa shape index (κ2) is 6.45. The van der Waals surface area contributed by atoms with E-state index in [1.54, 1.807) is 6.20 Å². The first-order valence-corrected chi connectivity index (χ1v) is 5.69. The van der Waals surface area contributed by atoms with Gasteiger partial charge in [0.05, 0.1) is 12.4 Å². The van der Waals surface area contributed by atoms with E-state index < -0.39 is 0 Å². The lowest BCUT2D eigenvalue weighted by atomic mass is 10.2. The summed E-state index contributed by atoms with van der Waals surface area (Å²) >= 11 is 0. The van der Waals surface area contributed by atoms with E-state index in [-0.39, 0.29) is 6.10 Å². The maximum absolute atomic E-state index is 5.72. The molecule has 86 valence electrons. The third kappa shape index (κ3) is 3.91. The van der Waals surface area contributed by atoms with Gasteiger partial charge in [-0.2, -0.15) is 5.10 Å². The molecule has 0 spiro atoms. The predicted molar refractivity (Wildman–Crippen MR) is 60.9 cm³/mol. The highest BCUT2D eigenvalue weighted by Crippen LogP contribution is 2.12. The van der Waals surface area contributed by atoms with Crippen LogP contribution in [-0.2, 0) is 6.54 Å². The van der Waals surface area contributed by atoms with Gasteiger partial charge in [0.15, 0.2) is 5.75 Å². The van der Waals surface area contributed by atoms with Gasteiger partial charge >= 0.3 is 0 Å². The van der Waals surface area contributed by atoms with E-state index in [4.69, 9.17) is 10.5 Å². The summed E-state index contributed by atoms with van der Waals surface area (Å²) in [5, 5.41) is 4.20. The minimum absolute atomic E-state index is 0.120. The van der Waals surface area contributed by atoms with Crippen LogP contribution >= 0.6 is 0 Å². The van der Waals surface area contributed by atoms with Gasteiger partial charge in [-0.15, -0.1) is 0 Å². The van der Waals surface area contributed by atoms with Gasteiger partial charge in [-0.25, -0.2) is 0 Å². The maximum Gasteiger partial charge on any atom is 0.157 e. The van der Waals surface area contributed by atoms with Crippen molar-refractivity contribution in [1.29, 1.82) is 0 Å². The van der Waals surface area contributed by atoms with E-state index >= 15 is 0 Å². The molecule has 4 nitrogen and oxygen atoms in total. The monoisotopic (exact) mass is 211 g/mol. The van der Waals surface area contributed by atoms with Crippen molar-refractivity contribution in [2.45, 2.75) is 45.8 Å². The molecular weight excluding hydrogens is 190 g/mol. The van der Waals surface area contributed by atoms with E-state index in [2.05, 4.69) is 18.9 Å². The lowest BCUT2D eigenvalue weighted by Crippen LogP contribution is -2.26. The van der Waals surface area contributed by atoms with Crippen molar-refractivity contribution in [2.75, 3.05) is 6.54 Å². The number of nitrogens with zero attached hydrogens (tertiary/aromatic N) is 2. The number of aryl methyl sites for hydroxylation is 1. The molecule has 2 N–H and O–H groups in total. The first kappa shape index (κ1) is 12.0. The molecule has 1 aromatic heterocycles. The van der Waals surface area contributed by atoms with Gasteiger partial charge in [0, 0.05) is 13.1 Å². The van der Waals surface area contributed by atoms with Crippen LogP contribution in [-0.4, -0.2) is 22.4 Å². The number of rotatable bonds is 7. The molecule has 1 atom stereocenters. The number of nitrogens with two attached hydrogens (primary N) is 1. The van der Waals surface area contributed by atoms with Crippen LogP contribution < -0.4 is 10.5 Å². The molecule has 0 aliphatic carbocycles. The first-order chi connectivity index (χ1) is 7.30. The number of aromatic nitrogens is 2. The Labute approximate surface area is 91.4 Å². The zero-order chi connectivity index (χ0) is 11.1. The molecule has 0 aromatic carbocycles. The van der Waals surface area contributed by atoms with E-state index in [1.165, 1.54) is 0 Å². The minimum atomic E-state index is 0.120. The minimum Gasteiger partial charge on any atom is -0.486 e. The second-order valence-electron chi connectivity index (χ2n) is 3.70. The molecule has 1 aromatic rings. The SMILES string of the molecule is CCCC(CN)Oc1cnn(CCC)c1. The van der Waals surface area contributed by atoms with Crippen molar-refractivity contribution in [1.82, 2.24) is 9.78 Å². The van der Waals surface area contributed by atoms with E-state index in [0.29, 0.717) is 6.54 Å². The summed E-state index contributed by atoms with van der Waals surface area (Å²) in [6, 6.07) is 0. The van der Waals surface area contributed by atoms with E-state index in [0.717, 1.165) is 31.6 Å². The first-order valence-electron chi connectivity index (χ1n) is 5.69. The predicted octanol–water partition coefficient (Wildman–Crippen LogP) is 1.80. The van der Waals surface area contributed by atoms with Gasteiger partial charge in [-0.3, -0.25) is 4.68 Å². The van der Waals surface area contributed by atoms with Crippen LogP contribution in [0.25, 0.3) is 0 Å². The Bertz CT molecular complexity index is 273. The zero-order valence-electron chi connectivity index (χ0n) is 9.65. The smallest absolute Gasteiger partial charge is 0.157 e. The summed E-state index contributed by atoms with van der Waals surface area (Å²) < 4.78 is 7.62. The Balaban J connectivity index is 2.47. The van der Waals surface area contributed by atoms with Gasteiger partial charge in [0.25, 0.3) is 0 Å². The summed E-state index contributed by atoms with van der Waals surface area (Å²) in [5.74, 6) is 0.826. The highest BCUT2D eigenvalue weighted by Gasteiger charge is 2.08. The molecule has 4 heteroatoms. The second-order valence-corrected chi connectivity index (χ2v) is 3.70. The molecule has 0 saturated carbocycles.